The molecule has 1 atom stereocenters. The van der Waals surface area contributed by atoms with Crippen molar-refractivity contribution in [2.24, 2.45) is 0 Å². The number of carbonyl (C=O) groups excluding carboxylic acids is 1. The summed E-state index contributed by atoms with van der Waals surface area (Å²) in [5.41, 5.74) is -0.470. The zero-order chi connectivity index (χ0) is 13.0. The molecule has 9 nitrogen and oxygen atoms in total. The van der Waals surface area contributed by atoms with E-state index in [9.17, 15) is 19.7 Å². The zero-order valence-electron chi connectivity index (χ0n) is 8.41. The second-order valence-electron chi connectivity index (χ2n) is 3.08. The van der Waals surface area contributed by atoms with Crippen LogP contribution in [0.25, 0.3) is 0 Å². The lowest BCUT2D eigenvalue weighted by atomic mass is 10.3. The van der Waals surface area contributed by atoms with Crippen molar-refractivity contribution in [1.82, 2.24) is 10.3 Å². The molecule has 1 aromatic heterocycles. The second-order valence-corrected chi connectivity index (χ2v) is 3.08. The first kappa shape index (κ1) is 12.6. The highest BCUT2D eigenvalue weighted by atomic mass is 16.6. The Hall–Kier alpha value is -2.42. The van der Waals surface area contributed by atoms with Crippen LogP contribution in [-0.2, 0) is 4.79 Å². The van der Waals surface area contributed by atoms with Crippen molar-refractivity contribution in [3.63, 3.8) is 0 Å². The van der Waals surface area contributed by atoms with E-state index < -0.39 is 29.4 Å². The minimum absolute atomic E-state index is 0.156. The maximum absolute atomic E-state index is 11.4. The van der Waals surface area contributed by atoms with Gasteiger partial charge in [0, 0.05) is 6.07 Å². The van der Waals surface area contributed by atoms with Crippen LogP contribution in [0.15, 0.2) is 12.3 Å². The topological polar surface area (TPSA) is 146 Å². The quantitative estimate of drug-likeness (QED) is 0.389. The van der Waals surface area contributed by atoms with Crippen LogP contribution in [0.1, 0.15) is 10.5 Å². The molecule has 0 aromatic carbocycles. The van der Waals surface area contributed by atoms with E-state index in [0.29, 0.717) is 0 Å². The predicted molar refractivity (Wildman–Crippen MR) is 53.4 cm³/mol. The summed E-state index contributed by atoms with van der Waals surface area (Å²) < 4.78 is 0. The third kappa shape index (κ3) is 3.01. The normalized spacial score (nSPS) is 11.8. The number of rotatable bonds is 5. The number of aliphatic hydroxyl groups is 1. The summed E-state index contributed by atoms with van der Waals surface area (Å²) in [6.45, 7) is -0.774. The Morgan fingerprint density at radius 3 is 2.65 bits per heavy atom. The molecule has 0 spiro atoms. The number of hydrogen-bond acceptors (Lipinski definition) is 5. The molecule has 1 aromatic rings. The molecule has 92 valence electrons. The Bertz CT molecular complexity index is 454. The van der Waals surface area contributed by atoms with Gasteiger partial charge in [0.05, 0.1) is 17.7 Å². The summed E-state index contributed by atoms with van der Waals surface area (Å²) in [7, 11) is 0. The molecule has 0 bridgehead atoms. The molecule has 0 fully saturated rings. The molecule has 17 heavy (non-hydrogen) atoms. The first-order valence-electron chi connectivity index (χ1n) is 4.43. The number of nitrogens with zero attached hydrogens (tertiary/aromatic N) is 1. The molecule has 1 amide bonds. The third-order valence-corrected chi connectivity index (χ3v) is 1.91. The minimum atomic E-state index is -1.45. The number of carboxylic acids is 1. The van der Waals surface area contributed by atoms with E-state index in [-0.39, 0.29) is 11.4 Å². The summed E-state index contributed by atoms with van der Waals surface area (Å²) in [5.74, 6) is -2.25. The van der Waals surface area contributed by atoms with Crippen LogP contribution in [0.3, 0.4) is 0 Å². The Kier molecular flexibility index (Phi) is 3.78. The number of aromatic amines is 1. The summed E-state index contributed by atoms with van der Waals surface area (Å²) in [6, 6.07) is -0.490. The highest BCUT2D eigenvalue weighted by Gasteiger charge is 2.21. The average Bonchev–Trinajstić information content (AvgIpc) is 2.74. The fourth-order valence-electron chi connectivity index (χ4n) is 1.04. The molecule has 1 rings (SSSR count). The van der Waals surface area contributed by atoms with E-state index in [4.69, 9.17) is 10.2 Å². The number of hydrogen-bond donors (Lipinski definition) is 4. The van der Waals surface area contributed by atoms with Gasteiger partial charge < -0.3 is 20.5 Å². The maximum atomic E-state index is 11.4. The van der Waals surface area contributed by atoms with Gasteiger partial charge in [0.25, 0.3) is 11.6 Å². The van der Waals surface area contributed by atoms with Crippen molar-refractivity contribution < 1.29 is 24.7 Å². The number of amides is 1. The van der Waals surface area contributed by atoms with Gasteiger partial charge >= 0.3 is 5.97 Å². The van der Waals surface area contributed by atoms with Gasteiger partial charge in [0.1, 0.15) is 5.69 Å². The van der Waals surface area contributed by atoms with Crippen LogP contribution in [0.2, 0.25) is 0 Å². The average molecular weight is 243 g/mol. The van der Waals surface area contributed by atoms with Crippen LogP contribution >= 0.6 is 0 Å². The van der Waals surface area contributed by atoms with Crippen molar-refractivity contribution >= 4 is 17.6 Å². The Balaban J connectivity index is 2.75. The monoisotopic (exact) mass is 243 g/mol. The number of carbonyl (C=O) groups is 2. The van der Waals surface area contributed by atoms with Crippen molar-refractivity contribution in [1.29, 1.82) is 0 Å². The van der Waals surface area contributed by atoms with E-state index in [2.05, 4.69) is 4.98 Å². The van der Waals surface area contributed by atoms with Gasteiger partial charge in [-0.15, -0.1) is 0 Å². The second kappa shape index (κ2) is 5.07. The number of nitro groups is 1. The van der Waals surface area contributed by atoms with Crippen LogP contribution in [0.5, 0.6) is 0 Å². The van der Waals surface area contributed by atoms with Crippen molar-refractivity contribution in [3.05, 3.63) is 28.1 Å². The number of aliphatic hydroxyl groups excluding tert-OH is 1. The highest BCUT2D eigenvalue weighted by Crippen LogP contribution is 2.11. The first-order chi connectivity index (χ1) is 7.95. The molecule has 9 heteroatoms. The summed E-state index contributed by atoms with van der Waals surface area (Å²) >= 11 is 0. The van der Waals surface area contributed by atoms with Gasteiger partial charge in [-0.05, 0) is 0 Å². The number of H-pyrrole nitrogens is 1. The molecule has 0 saturated heterocycles. The molecule has 0 aliphatic rings. The number of aliphatic carboxylic acids is 1. The van der Waals surface area contributed by atoms with E-state index in [1.807, 2.05) is 5.32 Å². The predicted octanol–water partition coefficient (Wildman–Crippen LogP) is -0.902. The van der Waals surface area contributed by atoms with Gasteiger partial charge in [-0.3, -0.25) is 14.9 Å². The lowest BCUT2D eigenvalue weighted by molar-refractivity contribution is -0.384. The van der Waals surface area contributed by atoms with Crippen LogP contribution in [0, 0.1) is 10.1 Å². The van der Waals surface area contributed by atoms with E-state index in [0.717, 1.165) is 12.3 Å². The standard InChI is InChI=1S/C8H9N3O6/c12-3-6(8(14)15)10-7(13)5-1-4(2-9-5)11(16)17/h1-2,6,9,12H,3H2,(H,10,13)(H,14,15). The Morgan fingerprint density at radius 2 is 2.24 bits per heavy atom. The SMILES string of the molecule is O=C(NC(CO)C(=O)O)c1cc([N+](=O)[O-])c[nH]1. The minimum Gasteiger partial charge on any atom is -0.480 e. The smallest absolute Gasteiger partial charge is 0.328 e. The third-order valence-electron chi connectivity index (χ3n) is 1.91. The molecule has 4 N–H and O–H groups in total. The van der Waals surface area contributed by atoms with Gasteiger partial charge in [0.15, 0.2) is 6.04 Å². The Morgan fingerprint density at radius 1 is 1.59 bits per heavy atom. The van der Waals surface area contributed by atoms with Crippen molar-refractivity contribution in [3.8, 4) is 0 Å². The molecular formula is C8H9N3O6. The lowest BCUT2D eigenvalue weighted by Gasteiger charge is -2.10. The van der Waals surface area contributed by atoms with Crippen LogP contribution in [-0.4, -0.2) is 44.6 Å². The molecule has 0 aliphatic carbocycles. The molecule has 0 radical (unpaired) electrons. The van der Waals surface area contributed by atoms with Gasteiger partial charge in [-0.2, -0.15) is 0 Å². The number of carboxylic acid groups (broad SMARTS) is 1. The van der Waals surface area contributed by atoms with E-state index in [1.54, 1.807) is 0 Å². The summed E-state index contributed by atoms with van der Waals surface area (Å²) in [4.78, 5) is 33.9. The number of nitrogens with one attached hydrogen (secondary N) is 2. The lowest BCUT2D eigenvalue weighted by Crippen LogP contribution is -2.43. The summed E-state index contributed by atoms with van der Waals surface area (Å²) in [6.07, 6.45) is 1.00. The molecule has 0 saturated carbocycles. The van der Waals surface area contributed by atoms with Crippen molar-refractivity contribution in [2.45, 2.75) is 6.04 Å². The molecule has 0 aliphatic heterocycles. The van der Waals surface area contributed by atoms with Crippen LogP contribution < -0.4 is 5.32 Å². The first-order valence-corrected chi connectivity index (χ1v) is 4.43. The van der Waals surface area contributed by atoms with Gasteiger partial charge in [0.2, 0.25) is 0 Å². The largest absolute Gasteiger partial charge is 0.480 e. The van der Waals surface area contributed by atoms with E-state index in [1.165, 1.54) is 0 Å². The number of aromatic nitrogens is 1. The highest BCUT2D eigenvalue weighted by molar-refractivity contribution is 5.95. The van der Waals surface area contributed by atoms with Gasteiger partial charge in [-0.1, -0.05) is 0 Å². The molecular weight excluding hydrogens is 234 g/mol. The van der Waals surface area contributed by atoms with Gasteiger partial charge in [-0.25, -0.2) is 4.79 Å². The fourth-order valence-corrected chi connectivity index (χ4v) is 1.04. The molecule has 1 unspecified atom stereocenters. The van der Waals surface area contributed by atoms with E-state index >= 15 is 0 Å². The molecule has 1 heterocycles. The van der Waals surface area contributed by atoms with Crippen molar-refractivity contribution in [2.75, 3.05) is 6.61 Å². The fraction of sp³-hybridized carbons (Fsp3) is 0.250. The Labute approximate surface area is 94.2 Å². The van der Waals surface area contributed by atoms with Crippen LogP contribution in [0.4, 0.5) is 5.69 Å². The summed E-state index contributed by atoms with van der Waals surface area (Å²) in [5, 5.41) is 29.6. The maximum Gasteiger partial charge on any atom is 0.328 e. The zero-order valence-corrected chi connectivity index (χ0v) is 8.41.